The molecule has 0 aromatic rings. The third-order valence-electron chi connectivity index (χ3n) is 1.16. The Balaban J connectivity index is 4.06. The van der Waals surface area contributed by atoms with E-state index in [9.17, 15) is 4.79 Å². The van der Waals surface area contributed by atoms with Crippen molar-refractivity contribution in [3.63, 3.8) is 0 Å². The summed E-state index contributed by atoms with van der Waals surface area (Å²) in [6, 6.07) is 0. The summed E-state index contributed by atoms with van der Waals surface area (Å²) in [5.74, 6) is 0.160. The summed E-state index contributed by atoms with van der Waals surface area (Å²) in [5.41, 5.74) is 4.87. The highest BCUT2D eigenvalue weighted by atomic mass is 16.1. The average Bonchev–Trinajstić information content (AvgIpc) is 1.62. The lowest BCUT2D eigenvalue weighted by atomic mass is 9.92. The van der Waals surface area contributed by atoms with Crippen LogP contribution < -0.4 is 5.73 Å². The van der Waals surface area contributed by atoms with Crippen molar-refractivity contribution in [2.75, 3.05) is 0 Å². The summed E-state index contributed by atoms with van der Waals surface area (Å²) in [6.07, 6.45) is 0. The van der Waals surface area contributed by atoms with Crippen LogP contribution >= 0.6 is 0 Å². The van der Waals surface area contributed by atoms with E-state index in [0.717, 1.165) is 0 Å². The molecule has 0 fully saturated rings. The first-order valence-electron chi connectivity index (χ1n) is 3.19. The zero-order chi connectivity index (χ0) is 7.65. The Labute approximate surface area is 56.4 Å². The predicted molar refractivity (Wildman–Crippen MR) is 38.1 cm³/mol. The van der Waals surface area contributed by atoms with Gasteiger partial charge in [0.25, 0.3) is 0 Å². The summed E-state index contributed by atoms with van der Waals surface area (Å²) < 4.78 is 0. The highest BCUT2D eigenvalue weighted by Gasteiger charge is 2.23. The van der Waals surface area contributed by atoms with Gasteiger partial charge in [-0.25, -0.2) is 0 Å². The Morgan fingerprint density at radius 3 is 1.78 bits per heavy atom. The van der Waals surface area contributed by atoms with E-state index in [1.807, 2.05) is 13.8 Å². The van der Waals surface area contributed by atoms with Gasteiger partial charge in [0.1, 0.15) is 0 Å². The number of hydrogen-bond acceptors (Lipinski definition) is 2. The van der Waals surface area contributed by atoms with Crippen LogP contribution in [-0.2, 0) is 4.79 Å². The molecule has 0 spiro atoms. The number of Topliss-reactive ketones (excluding diaryl/α,β-unsaturated/α-hetero) is 1. The van der Waals surface area contributed by atoms with Crippen LogP contribution in [-0.4, -0.2) is 11.3 Å². The van der Waals surface area contributed by atoms with E-state index in [-0.39, 0.29) is 11.7 Å². The molecule has 0 unspecified atom stereocenters. The van der Waals surface area contributed by atoms with Gasteiger partial charge in [-0.2, -0.15) is 0 Å². The normalized spacial score (nSPS) is 12.2. The minimum absolute atomic E-state index is 0.0463. The summed E-state index contributed by atoms with van der Waals surface area (Å²) in [7, 11) is 0. The topological polar surface area (TPSA) is 43.1 Å². The number of rotatable bonds is 2. The zero-order valence-corrected chi connectivity index (χ0v) is 6.56. The number of carbonyl (C=O) groups is 1. The molecule has 0 heterocycles. The van der Waals surface area contributed by atoms with Crippen LogP contribution in [0.25, 0.3) is 0 Å². The Morgan fingerprint density at radius 2 is 1.78 bits per heavy atom. The van der Waals surface area contributed by atoms with Crippen molar-refractivity contribution in [2.45, 2.75) is 33.2 Å². The van der Waals surface area contributed by atoms with Gasteiger partial charge in [0.15, 0.2) is 5.78 Å². The summed E-state index contributed by atoms with van der Waals surface area (Å²) in [4.78, 5) is 11.0. The number of carbonyl (C=O) groups excluding carboxylic acids is 1. The largest absolute Gasteiger partial charge is 0.319 e. The van der Waals surface area contributed by atoms with Crippen molar-refractivity contribution in [1.82, 2.24) is 0 Å². The number of ketones is 1. The third-order valence-corrected chi connectivity index (χ3v) is 1.16. The molecule has 0 aliphatic carbocycles. The fraction of sp³-hybridized carbons (Fsp3) is 0.857. The minimum atomic E-state index is -0.659. The first kappa shape index (κ1) is 8.63. The highest BCUT2D eigenvalue weighted by molar-refractivity contribution is 5.88. The van der Waals surface area contributed by atoms with Crippen molar-refractivity contribution in [3.8, 4) is 0 Å². The zero-order valence-electron chi connectivity index (χ0n) is 6.56. The van der Waals surface area contributed by atoms with Crippen molar-refractivity contribution >= 4 is 5.78 Å². The molecule has 0 radical (unpaired) electrons. The van der Waals surface area contributed by atoms with Gasteiger partial charge in [0.2, 0.25) is 0 Å². The molecule has 0 atom stereocenters. The lowest BCUT2D eigenvalue weighted by molar-refractivity contribution is -0.126. The lowest BCUT2D eigenvalue weighted by Crippen LogP contribution is -2.43. The minimum Gasteiger partial charge on any atom is -0.319 e. The molecule has 2 nitrogen and oxygen atoms in total. The molecule has 0 aliphatic heterocycles. The molecule has 0 saturated carbocycles. The Hall–Kier alpha value is -0.370. The van der Waals surface area contributed by atoms with E-state index >= 15 is 0 Å². The van der Waals surface area contributed by atoms with Gasteiger partial charge in [-0.15, -0.1) is 0 Å². The van der Waals surface area contributed by atoms with Gasteiger partial charge in [0.05, 0.1) is 5.54 Å². The SMILES string of the molecule is CC(C)C(=O)C(C)(C)N. The smallest absolute Gasteiger partial charge is 0.154 e. The molecule has 9 heavy (non-hydrogen) atoms. The van der Waals surface area contributed by atoms with Gasteiger partial charge in [-0.1, -0.05) is 13.8 Å². The maximum Gasteiger partial charge on any atom is 0.154 e. The van der Waals surface area contributed by atoms with Gasteiger partial charge in [-0.3, -0.25) is 4.79 Å². The molecular weight excluding hydrogens is 114 g/mol. The van der Waals surface area contributed by atoms with E-state index in [1.54, 1.807) is 13.8 Å². The van der Waals surface area contributed by atoms with E-state index in [0.29, 0.717) is 0 Å². The first-order chi connectivity index (χ1) is 3.85. The van der Waals surface area contributed by atoms with Crippen molar-refractivity contribution in [3.05, 3.63) is 0 Å². The highest BCUT2D eigenvalue weighted by Crippen LogP contribution is 2.06. The summed E-state index contributed by atoms with van der Waals surface area (Å²) >= 11 is 0. The van der Waals surface area contributed by atoms with Gasteiger partial charge in [-0.05, 0) is 13.8 Å². The molecule has 2 heteroatoms. The van der Waals surface area contributed by atoms with E-state index in [4.69, 9.17) is 5.73 Å². The molecule has 0 aromatic carbocycles. The molecule has 0 amide bonds. The van der Waals surface area contributed by atoms with Crippen LogP contribution in [0.1, 0.15) is 27.7 Å². The van der Waals surface area contributed by atoms with Crippen LogP contribution in [0.5, 0.6) is 0 Å². The Morgan fingerprint density at radius 1 is 1.44 bits per heavy atom. The molecule has 0 rings (SSSR count). The number of nitrogens with two attached hydrogens (primary N) is 1. The molecule has 0 bridgehead atoms. The fourth-order valence-electron chi connectivity index (χ4n) is 0.744. The van der Waals surface area contributed by atoms with Crippen LogP contribution in [0.15, 0.2) is 0 Å². The summed E-state index contributed by atoms with van der Waals surface area (Å²) in [6.45, 7) is 7.18. The molecule has 54 valence electrons. The predicted octanol–water partition coefficient (Wildman–Crippen LogP) is 0.949. The van der Waals surface area contributed by atoms with Crippen molar-refractivity contribution < 1.29 is 4.79 Å². The van der Waals surface area contributed by atoms with E-state index < -0.39 is 5.54 Å². The summed E-state index contributed by atoms with van der Waals surface area (Å²) in [5, 5.41) is 0. The second kappa shape index (κ2) is 2.48. The van der Waals surface area contributed by atoms with Crippen LogP contribution in [0.4, 0.5) is 0 Å². The Bertz CT molecular complexity index is 111. The maximum absolute atomic E-state index is 11.0. The second-order valence-electron chi connectivity index (χ2n) is 3.24. The second-order valence-corrected chi connectivity index (χ2v) is 3.24. The van der Waals surface area contributed by atoms with Crippen molar-refractivity contribution in [1.29, 1.82) is 0 Å². The maximum atomic E-state index is 11.0. The van der Waals surface area contributed by atoms with Crippen molar-refractivity contribution in [2.24, 2.45) is 11.7 Å². The molecule has 0 aliphatic rings. The molecule has 2 N–H and O–H groups in total. The average molecular weight is 129 g/mol. The lowest BCUT2D eigenvalue weighted by Gasteiger charge is -2.18. The third kappa shape index (κ3) is 2.61. The molecular formula is C7H15NO. The quantitative estimate of drug-likeness (QED) is 0.603. The van der Waals surface area contributed by atoms with Crippen LogP contribution in [0, 0.1) is 5.92 Å². The van der Waals surface area contributed by atoms with E-state index in [1.165, 1.54) is 0 Å². The first-order valence-corrected chi connectivity index (χ1v) is 3.19. The van der Waals surface area contributed by atoms with Crippen LogP contribution in [0.2, 0.25) is 0 Å². The van der Waals surface area contributed by atoms with Gasteiger partial charge < -0.3 is 5.73 Å². The number of hydrogen-bond donors (Lipinski definition) is 1. The monoisotopic (exact) mass is 129 g/mol. The van der Waals surface area contributed by atoms with Gasteiger partial charge >= 0.3 is 0 Å². The standard InChI is InChI=1S/C7H15NO/c1-5(2)6(9)7(3,4)8/h5H,8H2,1-4H3. The Kier molecular flexibility index (Phi) is 2.38. The molecule has 0 saturated heterocycles. The van der Waals surface area contributed by atoms with Crippen LogP contribution in [0.3, 0.4) is 0 Å². The van der Waals surface area contributed by atoms with E-state index in [2.05, 4.69) is 0 Å². The molecule has 0 aromatic heterocycles. The van der Waals surface area contributed by atoms with Gasteiger partial charge in [0, 0.05) is 5.92 Å². The fourth-order valence-corrected chi connectivity index (χ4v) is 0.744.